The summed E-state index contributed by atoms with van der Waals surface area (Å²) in [6.45, 7) is 0. The van der Waals surface area contributed by atoms with E-state index in [1.807, 2.05) is 30.3 Å². The molecule has 0 aliphatic carbocycles. The summed E-state index contributed by atoms with van der Waals surface area (Å²) in [6, 6.07) is 9.96. The second kappa shape index (κ2) is 2.82. The molecule has 0 bridgehead atoms. The number of pyridine rings is 1. The van der Waals surface area contributed by atoms with E-state index < -0.39 is 0 Å². The van der Waals surface area contributed by atoms with E-state index in [9.17, 15) is 0 Å². The Morgan fingerprint density at radius 3 is 2.86 bits per heavy atom. The van der Waals surface area contributed by atoms with Crippen molar-refractivity contribution in [2.45, 2.75) is 0 Å². The Bertz CT molecular complexity index is 615. The van der Waals surface area contributed by atoms with Crippen LogP contribution in [0.5, 0.6) is 0 Å². The Hall–Kier alpha value is -1.35. The third-order valence-electron chi connectivity index (χ3n) is 2.23. The number of para-hydroxylation sites is 1. The fourth-order valence-corrected chi connectivity index (χ4v) is 1.94. The highest BCUT2D eigenvalue weighted by Crippen LogP contribution is 2.29. The van der Waals surface area contributed by atoms with Gasteiger partial charge in [0.1, 0.15) is 10.2 Å². The molecule has 0 unspecified atom stereocenters. The number of aromatic nitrogens is 1. The third kappa shape index (κ3) is 1.06. The monoisotopic (exact) mass is 247 g/mol. The quantitative estimate of drug-likeness (QED) is 0.566. The van der Waals surface area contributed by atoms with Crippen LogP contribution in [0.3, 0.4) is 0 Å². The molecule has 2 nitrogen and oxygen atoms in total. The van der Waals surface area contributed by atoms with Gasteiger partial charge in [0, 0.05) is 10.8 Å². The van der Waals surface area contributed by atoms with E-state index in [1.54, 1.807) is 6.20 Å². The van der Waals surface area contributed by atoms with Gasteiger partial charge in [-0.25, -0.2) is 4.98 Å². The molecule has 3 heteroatoms. The molecule has 0 aliphatic rings. The molecule has 0 N–H and O–H groups in total. The fraction of sp³-hybridized carbons (Fsp3) is 0. The zero-order valence-corrected chi connectivity index (χ0v) is 8.78. The molecular formula is C11H6BrNO. The number of furan rings is 1. The maximum absolute atomic E-state index is 5.62. The molecule has 0 amide bonds. The van der Waals surface area contributed by atoms with Crippen LogP contribution in [0.1, 0.15) is 0 Å². The molecule has 0 radical (unpaired) electrons. The zero-order chi connectivity index (χ0) is 9.54. The van der Waals surface area contributed by atoms with Gasteiger partial charge in [-0.1, -0.05) is 18.2 Å². The summed E-state index contributed by atoms with van der Waals surface area (Å²) < 4.78 is 6.45. The molecule has 1 aromatic carbocycles. The Kier molecular flexibility index (Phi) is 1.61. The van der Waals surface area contributed by atoms with Gasteiger partial charge in [0.2, 0.25) is 0 Å². The van der Waals surface area contributed by atoms with E-state index in [1.165, 1.54) is 0 Å². The number of nitrogens with zero attached hydrogens (tertiary/aromatic N) is 1. The van der Waals surface area contributed by atoms with Crippen molar-refractivity contribution in [2.24, 2.45) is 0 Å². The summed E-state index contributed by atoms with van der Waals surface area (Å²) in [7, 11) is 0. The number of benzene rings is 1. The predicted octanol–water partition coefficient (Wildman–Crippen LogP) is 3.74. The van der Waals surface area contributed by atoms with Crippen molar-refractivity contribution in [3.63, 3.8) is 0 Å². The minimum absolute atomic E-state index is 0.828. The lowest BCUT2D eigenvalue weighted by Gasteiger charge is -1.88. The summed E-state index contributed by atoms with van der Waals surface area (Å²) in [5.41, 5.74) is 1.73. The van der Waals surface area contributed by atoms with E-state index in [4.69, 9.17) is 4.42 Å². The first-order valence-corrected chi connectivity index (χ1v) is 5.07. The van der Waals surface area contributed by atoms with Crippen molar-refractivity contribution in [1.29, 1.82) is 0 Å². The first-order chi connectivity index (χ1) is 6.84. The Morgan fingerprint density at radius 2 is 1.93 bits per heavy atom. The van der Waals surface area contributed by atoms with Crippen LogP contribution in [0.2, 0.25) is 0 Å². The maximum atomic E-state index is 5.62. The van der Waals surface area contributed by atoms with Gasteiger partial charge in [0.05, 0.1) is 6.20 Å². The summed E-state index contributed by atoms with van der Waals surface area (Å²) in [5, 5.41) is 2.23. The first kappa shape index (κ1) is 8.00. The molecule has 0 atom stereocenters. The summed E-state index contributed by atoms with van der Waals surface area (Å²) in [5.74, 6) is 0. The summed E-state index contributed by atoms with van der Waals surface area (Å²) >= 11 is 3.35. The number of hydrogen-bond acceptors (Lipinski definition) is 2. The van der Waals surface area contributed by atoms with Gasteiger partial charge in [0.25, 0.3) is 0 Å². The molecule has 0 spiro atoms. The minimum Gasteiger partial charge on any atom is -0.454 e. The molecule has 0 fully saturated rings. The topological polar surface area (TPSA) is 26.0 Å². The standard InChI is InChI=1S/C11H6BrNO/c12-11-5-8-7-3-1-2-4-9(7)14-10(8)6-13-11/h1-6H. The lowest BCUT2D eigenvalue weighted by atomic mass is 10.2. The second-order valence-electron chi connectivity index (χ2n) is 3.10. The average Bonchev–Trinajstić information content (AvgIpc) is 2.56. The first-order valence-electron chi connectivity index (χ1n) is 4.27. The average molecular weight is 248 g/mol. The Balaban J connectivity index is 2.58. The Labute approximate surface area is 88.7 Å². The summed E-state index contributed by atoms with van der Waals surface area (Å²) in [6.07, 6.45) is 1.74. The van der Waals surface area contributed by atoms with Crippen molar-refractivity contribution < 1.29 is 4.42 Å². The number of halogens is 1. The van der Waals surface area contributed by atoms with Crippen LogP contribution >= 0.6 is 15.9 Å². The van der Waals surface area contributed by atoms with E-state index in [0.717, 1.165) is 26.5 Å². The predicted molar refractivity (Wildman–Crippen MR) is 59.2 cm³/mol. The molecule has 14 heavy (non-hydrogen) atoms. The number of hydrogen-bond donors (Lipinski definition) is 0. The smallest absolute Gasteiger partial charge is 0.153 e. The van der Waals surface area contributed by atoms with Crippen molar-refractivity contribution in [2.75, 3.05) is 0 Å². The molecule has 68 valence electrons. The summed E-state index contributed by atoms with van der Waals surface area (Å²) in [4.78, 5) is 4.13. The van der Waals surface area contributed by atoms with E-state index in [2.05, 4.69) is 20.9 Å². The molecule has 3 rings (SSSR count). The van der Waals surface area contributed by atoms with Crippen molar-refractivity contribution in [3.05, 3.63) is 41.1 Å². The number of rotatable bonds is 0. The number of fused-ring (bicyclic) bond motifs is 3. The van der Waals surface area contributed by atoms with Crippen LogP contribution in [0, 0.1) is 0 Å². The van der Waals surface area contributed by atoms with Gasteiger partial charge >= 0.3 is 0 Å². The van der Waals surface area contributed by atoms with Crippen LogP contribution in [0.4, 0.5) is 0 Å². The third-order valence-corrected chi connectivity index (χ3v) is 2.66. The highest BCUT2D eigenvalue weighted by Gasteiger charge is 2.05. The van der Waals surface area contributed by atoms with E-state index in [0.29, 0.717) is 0 Å². The minimum atomic E-state index is 0.828. The molecule has 3 aromatic rings. The fourth-order valence-electron chi connectivity index (χ4n) is 1.61. The van der Waals surface area contributed by atoms with E-state index in [-0.39, 0.29) is 0 Å². The lowest BCUT2D eigenvalue weighted by Crippen LogP contribution is -1.72. The highest BCUT2D eigenvalue weighted by molar-refractivity contribution is 9.10. The normalized spacial score (nSPS) is 11.2. The van der Waals surface area contributed by atoms with Gasteiger partial charge in [0.15, 0.2) is 5.58 Å². The van der Waals surface area contributed by atoms with Gasteiger partial charge in [-0.05, 0) is 28.1 Å². The van der Waals surface area contributed by atoms with Crippen LogP contribution < -0.4 is 0 Å². The van der Waals surface area contributed by atoms with Gasteiger partial charge in [-0.2, -0.15) is 0 Å². The molecule has 0 saturated heterocycles. The van der Waals surface area contributed by atoms with E-state index >= 15 is 0 Å². The molecule has 0 aliphatic heterocycles. The SMILES string of the molecule is Brc1cc2c(cn1)oc1ccccc12. The maximum Gasteiger partial charge on any atom is 0.153 e. The van der Waals surface area contributed by atoms with Gasteiger partial charge < -0.3 is 4.42 Å². The molecular weight excluding hydrogens is 242 g/mol. The molecule has 2 heterocycles. The Morgan fingerprint density at radius 1 is 1.07 bits per heavy atom. The van der Waals surface area contributed by atoms with Crippen molar-refractivity contribution >= 4 is 37.9 Å². The highest BCUT2D eigenvalue weighted by atomic mass is 79.9. The van der Waals surface area contributed by atoms with Crippen LogP contribution in [0.25, 0.3) is 21.9 Å². The molecule has 0 saturated carbocycles. The zero-order valence-electron chi connectivity index (χ0n) is 7.20. The second-order valence-corrected chi connectivity index (χ2v) is 3.91. The van der Waals surface area contributed by atoms with Crippen molar-refractivity contribution in [3.8, 4) is 0 Å². The van der Waals surface area contributed by atoms with Crippen LogP contribution in [-0.2, 0) is 0 Å². The van der Waals surface area contributed by atoms with Crippen LogP contribution in [-0.4, -0.2) is 4.98 Å². The largest absolute Gasteiger partial charge is 0.454 e. The van der Waals surface area contributed by atoms with Gasteiger partial charge in [-0.3, -0.25) is 0 Å². The van der Waals surface area contributed by atoms with Gasteiger partial charge in [-0.15, -0.1) is 0 Å². The lowest BCUT2D eigenvalue weighted by molar-refractivity contribution is 0.666. The van der Waals surface area contributed by atoms with Crippen molar-refractivity contribution in [1.82, 2.24) is 4.98 Å². The molecule has 2 aromatic heterocycles. The van der Waals surface area contributed by atoms with Crippen LogP contribution in [0.15, 0.2) is 45.5 Å².